The number of hydrogen-bond donors (Lipinski definition) is 0. The van der Waals surface area contributed by atoms with Gasteiger partial charge in [-0.25, -0.2) is 0 Å². The van der Waals surface area contributed by atoms with Crippen molar-refractivity contribution in [3.63, 3.8) is 0 Å². The smallest absolute Gasteiger partial charge is 0.0856 e. The third-order valence-corrected chi connectivity index (χ3v) is 3.48. The Labute approximate surface area is 119 Å². The van der Waals surface area contributed by atoms with E-state index in [9.17, 15) is 0 Å². The minimum absolute atomic E-state index is 0.124. The maximum atomic E-state index is 4.51. The van der Waals surface area contributed by atoms with Crippen LogP contribution in [0.25, 0.3) is 11.8 Å². The third-order valence-electron chi connectivity index (χ3n) is 3.48. The quantitative estimate of drug-likeness (QED) is 0.736. The van der Waals surface area contributed by atoms with E-state index in [1.54, 1.807) is 0 Å². The van der Waals surface area contributed by atoms with Crippen molar-refractivity contribution in [2.75, 3.05) is 0 Å². The summed E-state index contributed by atoms with van der Waals surface area (Å²) in [7, 11) is 0. The molecule has 0 spiro atoms. The molecule has 2 aromatic carbocycles. The third kappa shape index (κ3) is 2.69. The molecule has 0 radical (unpaired) electrons. The first-order chi connectivity index (χ1) is 9.64. The first-order valence-electron chi connectivity index (χ1n) is 6.92. The van der Waals surface area contributed by atoms with Crippen LogP contribution in [-0.2, 0) is 0 Å². The number of azo groups is 1. The van der Waals surface area contributed by atoms with E-state index in [1.165, 1.54) is 10.4 Å². The van der Waals surface area contributed by atoms with Gasteiger partial charge in [-0.3, -0.25) is 0 Å². The van der Waals surface area contributed by atoms with E-state index in [-0.39, 0.29) is 5.41 Å². The SMILES string of the molecule is CC1(C)C=c2ccccc2=C(N=Nc2ccccc2)C1. The number of benzene rings is 2. The molecule has 0 saturated carbocycles. The maximum Gasteiger partial charge on any atom is 0.0856 e. The van der Waals surface area contributed by atoms with Gasteiger partial charge in [-0.15, -0.1) is 0 Å². The fourth-order valence-corrected chi connectivity index (χ4v) is 2.59. The Hall–Kier alpha value is -2.22. The fourth-order valence-electron chi connectivity index (χ4n) is 2.59. The van der Waals surface area contributed by atoms with E-state index in [2.05, 4.69) is 54.4 Å². The van der Waals surface area contributed by atoms with Crippen molar-refractivity contribution in [2.24, 2.45) is 15.6 Å². The molecule has 100 valence electrons. The van der Waals surface area contributed by atoms with Crippen LogP contribution in [0.1, 0.15) is 20.3 Å². The molecule has 0 amide bonds. The molecule has 0 unspecified atom stereocenters. The highest BCUT2D eigenvalue weighted by atomic mass is 15.1. The van der Waals surface area contributed by atoms with Crippen molar-refractivity contribution in [1.82, 2.24) is 0 Å². The summed E-state index contributed by atoms with van der Waals surface area (Å²) in [5.74, 6) is 0. The van der Waals surface area contributed by atoms with Gasteiger partial charge in [0, 0.05) is 11.6 Å². The number of nitrogens with zero attached hydrogens (tertiary/aromatic N) is 2. The van der Waals surface area contributed by atoms with Gasteiger partial charge < -0.3 is 0 Å². The van der Waals surface area contributed by atoms with Gasteiger partial charge in [-0.05, 0) is 22.8 Å². The molecule has 0 heterocycles. The van der Waals surface area contributed by atoms with E-state index in [4.69, 9.17) is 0 Å². The Morgan fingerprint density at radius 2 is 1.55 bits per heavy atom. The molecular formula is C18H18N2. The molecule has 1 aliphatic carbocycles. The Balaban J connectivity index is 2.09. The molecule has 20 heavy (non-hydrogen) atoms. The summed E-state index contributed by atoms with van der Waals surface area (Å²) >= 11 is 0. The molecule has 2 aromatic rings. The largest absolute Gasteiger partial charge is 0.154 e. The lowest BCUT2D eigenvalue weighted by molar-refractivity contribution is 0.522. The zero-order valence-electron chi connectivity index (χ0n) is 11.9. The fraction of sp³-hybridized carbons (Fsp3) is 0.222. The van der Waals surface area contributed by atoms with Crippen LogP contribution in [-0.4, -0.2) is 0 Å². The van der Waals surface area contributed by atoms with Gasteiger partial charge in [0.2, 0.25) is 0 Å². The Kier molecular flexibility index (Phi) is 3.23. The molecule has 2 nitrogen and oxygen atoms in total. The summed E-state index contributed by atoms with van der Waals surface area (Å²) in [5, 5.41) is 11.3. The van der Waals surface area contributed by atoms with Crippen molar-refractivity contribution < 1.29 is 0 Å². The summed E-state index contributed by atoms with van der Waals surface area (Å²) in [4.78, 5) is 0. The minimum atomic E-state index is 0.124. The summed E-state index contributed by atoms with van der Waals surface area (Å²) in [5.41, 5.74) is 2.08. The number of hydrogen-bond acceptors (Lipinski definition) is 2. The van der Waals surface area contributed by atoms with E-state index >= 15 is 0 Å². The molecule has 0 saturated heterocycles. The first kappa shape index (κ1) is 12.8. The molecule has 0 N–H and O–H groups in total. The average Bonchev–Trinajstić information content (AvgIpc) is 2.45. The summed E-state index contributed by atoms with van der Waals surface area (Å²) in [6, 6.07) is 18.3. The van der Waals surface area contributed by atoms with Crippen LogP contribution in [0.5, 0.6) is 0 Å². The van der Waals surface area contributed by atoms with Crippen LogP contribution < -0.4 is 10.4 Å². The predicted octanol–water partition coefficient (Wildman–Crippen LogP) is 3.79. The molecule has 1 aliphatic rings. The monoisotopic (exact) mass is 262 g/mol. The van der Waals surface area contributed by atoms with Crippen LogP contribution in [0.2, 0.25) is 0 Å². The topological polar surface area (TPSA) is 24.7 Å². The molecular weight excluding hydrogens is 244 g/mol. The Morgan fingerprint density at radius 3 is 2.35 bits per heavy atom. The Morgan fingerprint density at radius 1 is 0.850 bits per heavy atom. The van der Waals surface area contributed by atoms with Crippen LogP contribution >= 0.6 is 0 Å². The molecule has 0 fully saturated rings. The second-order valence-electron chi connectivity index (χ2n) is 5.88. The van der Waals surface area contributed by atoms with Crippen LogP contribution in [0.15, 0.2) is 64.8 Å². The highest BCUT2D eigenvalue weighted by Gasteiger charge is 2.20. The number of rotatable bonds is 2. The predicted molar refractivity (Wildman–Crippen MR) is 82.9 cm³/mol. The summed E-state index contributed by atoms with van der Waals surface area (Å²) < 4.78 is 0. The van der Waals surface area contributed by atoms with Gasteiger partial charge in [-0.2, -0.15) is 10.2 Å². The van der Waals surface area contributed by atoms with E-state index in [0.29, 0.717) is 0 Å². The molecule has 3 rings (SSSR count). The van der Waals surface area contributed by atoms with E-state index in [1.807, 2.05) is 30.3 Å². The zero-order valence-corrected chi connectivity index (χ0v) is 11.9. The van der Waals surface area contributed by atoms with Crippen LogP contribution in [0.4, 0.5) is 5.69 Å². The van der Waals surface area contributed by atoms with Crippen LogP contribution in [0.3, 0.4) is 0 Å². The average molecular weight is 262 g/mol. The van der Waals surface area contributed by atoms with Crippen molar-refractivity contribution >= 4 is 17.5 Å². The van der Waals surface area contributed by atoms with Gasteiger partial charge in [0.25, 0.3) is 0 Å². The lowest BCUT2D eigenvalue weighted by Gasteiger charge is -2.23. The van der Waals surface area contributed by atoms with Gasteiger partial charge in [0.1, 0.15) is 0 Å². The zero-order chi connectivity index (χ0) is 14.0. The van der Waals surface area contributed by atoms with Gasteiger partial charge in [-0.1, -0.05) is 62.4 Å². The second-order valence-corrected chi connectivity index (χ2v) is 5.88. The van der Waals surface area contributed by atoms with Crippen molar-refractivity contribution in [2.45, 2.75) is 20.3 Å². The lowest BCUT2D eigenvalue weighted by Crippen LogP contribution is -2.33. The Bertz CT molecular complexity index is 756. The highest BCUT2D eigenvalue weighted by Crippen LogP contribution is 2.29. The molecule has 2 heteroatoms. The number of fused-ring (bicyclic) bond motifs is 1. The van der Waals surface area contributed by atoms with Crippen molar-refractivity contribution in [1.29, 1.82) is 0 Å². The standard InChI is InChI=1S/C18H18N2/c1-18(2)12-14-8-6-7-11-16(14)17(13-18)20-19-15-9-4-3-5-10-15/h3-12H,13H2,1-2H3. The van der Waals surface area contributed by atoms with Gasteiger partial charge in [0.05, 0.1) is 11.4 Å². The minimum Gasteiger partial charge on any atom is -0.154 e. The summed E-state index contributed by atoms with van der Waals surface area (Å²) in [6.07, 6.45) is 3.24. The van der Waals surface area contributed by atoms with Crippen molar-refractivity contribution in [3.05, 3.63) is 65.0 Å². The van der Waals surface area contributed by atoms with Crippen LogP contribution in [0, 0.1) is 5.41 Å². The molecule has 0 bridgehead atoms. The van der Waals surface area contributed by atoms with Gasteiger partial charge in [0.15, 0.2) is 0 Å². The summed E-state index contributed by atoms with van der Waals surface area (Å²) in [6.45, 7) is 4.47. The normalized spacial score (nSPS) is 16.8. The maximum absolute atomic E-state index is 4.51. The second kappa shape index (κ2) is 5.04. The lowest BCUT2D eigenvalue weighted by atomic mass is 9.83. The van der Waals surface area contributed by atoms with E-state index < -0.39 is 0 Å². The highest BCUT2D eigenvalue weighted by molar-refractivity contribution is 5.53. The molecule has 0 aromatic heterocycles. The first-order valence-corrected chi connectivity index (χ1v) is 6.92. The van der Waals surface area contributed by atoms with Gasteiger partial charge >= 0.3 is 0 Å². The van der Waals surface area contributed by atoms with Crippen molar-refractivity contribution in [3.8, 4) is 0 Å². The van der Waals surface area contributed by atoms with E-state index in [0.717, 1.165) is 17.8 Å². The molecule has 0 atom stereocenters. The molecule has 0 aliphatic heterocycles.